The number of amides is 1. The Bertz CT molecular complexity index is 1660. The summed E-state index contributed by atoms with van der Waals surface area (Å²) in [5.41, 5.74) is 0.316. The van der Waals surface area contributed by atoms with E-state index in [0.29, 0.717) is 16.3 Å². The zero-order valence-corrected chi connectivity index (χ0v) is 30.3. The molecule has 0 radical (unpaired) electrons. The molecule has 6 unspecified atom stereocenters. The molecule has 0 aromatic heterocycles. The molecule has 6 atom stereocenters. The largest absolute Gasteiger partial charge is 0.746 e. The minimum atomic E-state index is -6.13. The number of ether oxygens (including phenoxy) is 2. The summed E-state index contributed by atoms with van der Waals surface area (Å²) in [5, 5.41) is -3.34. The average Bonchev–Trinajstić information content (AvgIpc) is 3.52. The van der Waals surface area contributed by atoms with Crippen molar-refractivity contribution in [1.82, 2.24) is 4.90 Å². The Kier molecular flexibility index (Phi) is 6.90. The zero-order valence-electron chi connectivity index (χ0n) is 22.3. The number of benzene rings is 3. The van der Waals surface area contributed by atoms with Gasteiger partial charge in [-0.25, -0.2) is 22.0 Å². The number of hydrogen-bond donors (Lipinski definition) is 0. The fraction of sp³-hybridized carbons (Fsp3) is 0.357. The van der Waals surface area contributed by atoms with Crippen LogP contribution in [0.3, 0.4) is 0 Å². The van der Waals surface area contributed by atoms with Crippen LogP contribution in [0.25, 0.3) is 21.5 Å². The fourth-order valence-corrected chi connectivity index (χ4v) is 8.59. The maximum atomic E-state index is 13.9. The molecule has 3 aromatic rings. The maximum Gasteiger partial charge on any atom is 0.339 e. The van der Waals surface area contributed by atoms with Crippen LogP contribution in [0.15, 0.2) is 54.6 Å². The Labute approximate surface area is 237 Å². The number of alkyl halides is 2. The van der Waals surface area contributed by atoms with Crippen LogP contribution in [0, 0.1) is 18.4 Å². The van der Waals surface area contributed by atoms with Gasteiger partial charge in [-0.05, 0) is 41.5 Å². The Hall–Kier alpha value is -4.29. The molecule has 9 nitrogen and oxygen atoms in total. The summed E-state index contributed by atoms with van der Waals surface area (Å²) in [6.07, 6.45) is -0.985. The van der Waals surface area contributed by atoms with Crippen molar-refractivity contribution in [3.8, 4) is 0 Å². The number of fused-ring (bicyclic) bond motifs is 3. The van der Waals surface area contributed by atoms with Crippen molar-refractivity contribution in [1.29, 1.82) is 0 Å². The molecule has 3 aliphatic rings. The molecular formula is C28H23F2NO8RfS2-2. The predicted molar refractivity (Wildman–Crippen MR) is 144 cm³/mol. The van der Waals surface area contributed by atoms with Gasteiger partial charge in [-0.1, -0.05) is 55.1 Å². The molecule has 0 N–H and O–H groups in total. The second-order valence-corrected chi connectivity index (χ2v) is 13.4. The number of hydrogen-bond acceptors (Lipinski definition) is 9. The quantitative estimate of drug-likeness (QED) is 0.151. The van der Waals surface area contributed by atoms with Gasteiger partial charge in [0.15, 0.2) is 0 Å². The van der Waals surface area contributed by atoms with E-state index in [1.807, 2.05) is 30.3 Å². The van der Waals surface area contributed by atoms with Gasteiger partial charge in [0.25, 0.3) is 11.2 Å². The molecule has 42 heavy (non-hydrogen) atoms. The van der Waals surface area contributed by atoms with Gasteiger partial charge in [0, 0.05) is 11.3 Å². The van der Waals surface area contributed by atoms with E-state index in [1.54, 1.807) is 43.0 Å². The Morgan fingerprint density at radius 1 is 1.05 bits per heavy atom. The topological polar surface area (TPSA) is 130 Å². The number of carbonyl (C=O) groups is 3. The van der Waals surface area contributed by atoms with Crippen LogP contribution >= 0.6 is 11.8 Å². The first-order valence-electron chi connectivity index (χ1n) is 12.8. The summed E-state index contributed by atoms with van der Waals surface area (Å²) < 4.78 is 70.6. The minimum Gasteiger partial charge on any atom is -0.746 e. The first-order chi connectivity index (χ1) is 19.3. The number of likely N-dealkylation sites (tertiary alicyclic amines) is 1. The molecule has 3 heterocycles. The zero-order chi connectivity index (χ0) is 29.4. The molecule has 3 aromatic carbocycles. The van der Waals surface area contributed by atoms with Crippen LogP contribution in [-0.4, -0.2) is 69.7 Å². The molecule has 3 saturated heterocycles. The smallest absolute Gasteiger partial charge is 0.339 e. The van der Waals surface area contributed by atoms with Crippen LogP contribution in [0.4, 0.5) is 8.78 Å². The maximum absolute atomic E-state index is 13.9. The van der Waals surface area contributed by atoms with E-state index in [-0.39, 0.29) is 6.04 Å². The minimum absolute atomic E-state index is 0. The number of thioether (sulfide) groups is 1. The molecule has 0 aliphatic carbocycles. The van der Waals surface area contributed by atoms with Crippen molar-refractivity contribution in [3.05, 3.63) is 66.8 Å². The molecule has 0 saturated carbocycles. The van der Waals surface area contributed by atoms with Gasteiger partial charge in [-0.2, -0.15) is 0 Å². The molecule has 218 valence electrons. The Balaban J connectivity index is 0.00000353. The van der Waals surface area contributed by atoms with Gasteiger partial charge in [0.05, 0.1) is 28.7 Å². The molecule has 1 amide bonds. The van der Waals surface area contributed by atoms with Crippen molar-refractivity contribution in [3.63, 3.8) is 0 Å². The van der Waals surface area contributed by atoms with E-state index in [9.17, 15) is 36.1 Å². The number of rotatable bonds is 7. The summed E-state index contributed by atoms with van der Waals surface area (Å²) in [6.45, 7) is 2.94. The van der Waals surface area contributed by atoms with Gasteiger partial charge in [0.1, 0.15) is 16.2 Å². The monoisotopic (exact) mass is 870 g/mol. The summed E-state index contributed by atoms with van der Waals surface area (Å²) in [7, 11) is -6.13. The summed E-state index contributed by atoms with van der Waals surface area (Å²) in [4.78, 5) is 42.0. The van der Waals surface area contributed by atoms with Gasteiger partial charge in [-0.15, -0.1) is 11.8 Å². The van der Waals surface area contributed by atoms with Crippen molar-refractivity contribution in [2.24, 2.45) is 11.8 Å². The summed E-state index contributed by atoms with van der Waals surface area (Å²) in [5.74, 6) is -4.62. The third kappa shape index (κ3) is 4.24. The van der Waals surface area contributed by atoms with E-state index in [0.717, 1.165) is 10.8 Å². The van der Waals surface area contributed by atoms with Crippen LogP contribution in [0.5, 0.6) is 0 Å². The van der Waals surface area contributed by atoms with Crippen LogP contribution in [-0.2, 0) is 29.2 Å². The molecule has 3 fully saturated rings. The first kappa shape index (κ1) is 29.2. The van der Waals surface area contributed by atoms with Gasteiger partial charge >= 0.3 is 5.97 Å². The van der Waals surface area contributed by atoms with E-state index in [2.05, 4.69) is 4.74 Å². The fourth-order valence-electron chi connectivity index (χ4n) is 6.34. The third-order valence-electron chi connectivity index (χ3n) is 7.96. The van der Waals surface area contributed by atoms with Gasteiger partial charge in [-0.3, -0.25) is 9.59 Å². The van der Waals surface area contributed by atoms with E-state index in [4.69, 9.17) is 4.74 Å². The Morgan fingerprint density at radius 2 is 1.62 bits per heavy atom. The van der Waals surface area contributed by atoms with Gasteiger partial charge < -0.3 is 18.9 Å². The number of carbonyl (C=O) groups excluding carboxylic acids is 3. The van der Waals surface area contributed by atoms with Crippen LogP contribution in [0.2, 0.25) is 0 Å². The third-order valence-corrected chi connectivity index (χ3v) is 10.5. The van der Waals surface area contributed by atoms with Crippen molar-refractivity contribution in [2.75, 3.05) is 0 Å². The molecule has 2 bridgehead atoms. The number of nitrogens with zero attached hydrogens (tertiary/aromatic N) is 1. The molecule has 3 aliphatic heterocycles. The Morgan fingerprint density at radius 3 is 2.17 bits per heavy atom. The number of halogens is 2. The molecule has 0 spiro atoms. The summed E-state index contributed by atoms with van der Waals surface area (Å²) in [6, 6.07) is 15.7. The first-order valence-corrected chi connectivity index (χ1v) is 15.1. The second-order valence-electron chi connectivity index (χ2n) is 10.6. The van der Waals surface area contributed by atoms with Gasteiger partial charge in [0.2, 0.25) is 5.91 Å². The number of esters is 2. The second kappa shape index (κ2) is 9.92. The van der Waals surface area contributed by atoms with E-state index >= 15 is 0 Å². The van der Waals surface area contributed by atoms with E-state index in [1.165, 1.54) is 11.8 Å². The normalized spacial score (nSPS) is 26.6. The van der Waals surface area contributed by atoms with Crippen molar-refractivity contribution < 1.29 is 45.6 Å². The molecule has 6 rings (SSSR count). The van der Waals surface area contributed by atoms with Crippen molar-refractivity contribution >= 4 is 61.3 Å². The van der Waals surface area contributed by atoms with Crippen LogP contribution in [0.1, 0.15) is 24.2 Å². The average molecular weight is 871 g/mol. The SMILES string of the molecule is CC(C)N1C(=O)C2C3SC(C(OC(=O)c4c5ccccc5cc5ccccc45)C31)C2C(=O)O[CH-]C(F)(F)S(=O)(=O)[O-].[Rf]. The van der Waals surface area contributed by atoms with Crippen LogP contribution < -0.4 is 0 Å². The van der Waals surface area contributed by atoms with E-state index < -0.39 is 74.3 Å². The standard InChI is InChI=1S/C28H24F2NO8S2.Rf/c1-13(2)31-21-22(39-27(34)18-16-9-5-3-7-14(16)11-15-8-4-6-10-17(15)18)24-20(19(25(31)32)23(21)40-24)26(33)38-12-28(29,30)41(35,36)37;/h3-13,19-24H,1-2H3,(H,35,36,37);/q-1;/p-1. The predicted octanol–water partition coefficient (Wildman–Crippen LogP) is 3.71. The van der Waals surface area contributed by atoms with Crippen molar-refractivity contribution in [2.45, 2.75) is 47.8 Å². The molecule has 14 heteroatoms. The molecular weight excluding hydrogens is 847 g/mol. The summed E-state index contributed by atoms with van der Waals surface area (Å²) >= 11 is 1.24.